The van der Waals surface area contributed by atoms with Gasteiger partial charge < -0.3 is 15.4 Å². The van der Waals surface area contributed by atoms with E-state index in [1.54, 1.807) is 6.92 Å². The summed E-state index contributed by atoms with van der Waals surface area (Å²) in [5.41, 5.74) is 0.262. The van der Waals surface area contributed by atoms with Crippen molar-refractivity contribution in [1.29, 1.82) is 0 Å². The molecule has 0 radical (unpaired) electrons. The van der Waals surface area contributed by atoms with E-state index >= 15 is 0 Å². The third kappa shape index (κ3) is 4.78. The normalized spacial score (nSPS) is 10.1. The molecule has 0 spiro atoms. The number of nitro groups is 2. The molecule has 0 fully saturated rings. The molecule has 0 heterocycles. The molecular formula is C17H16N4O7. The van der Waals surface area contributed by atoms with Crippen LogP contribution in [-0.2, 0) is 9.53 Å². The molecule has 0 saturated heterocycles. The van der Waals surface area contributed by atoms with Gasteiger partial charge in [0.25, 0.3) is 17.3 Å². The number of hydrogen-bond donors (Lipinski definition) is 2. The quantitative estimate of drug-likeness (QED) is 0.417. The first-order valence-corrected chi connectivity index (χ1v) is 7.91. The molecule has 0 bridgehead atoms. The summed E-state index contributed by atoms with van der Waals surface area (Å²) < 4.78 is 4.84. The smallest absolute Gasteiger partial charge is 0.338 e. The third-order valence-corrected chi connectivity index (χ3v) is 3.72. The largest absolute Gasteiger partial charge is 0.452 e. The van der Waals surface area contributed by atoms with E-state index in [-0.39, 0.29) is 28.3 Å². The van der Waals surface area contributed by atoms with Crippen LogP contribution in [0.5, 0.6) is 0 Å². The van der Waals surface area contributed by atoms with Gasteiger partial charge in [-0.05, 0) is 25.1 Å². The molecule has 11 nitrogen and oxygen atoms in total. The first-order chi connectivity index (χ1) is 13.2. The molecule has 28 heavy (non-hydrogen) atoms. The second kappa shape index (κ2) is 8.58. The Labute approximate surface area is 158 Å². The predicted octanol–water partition coefficient (Wildman–Crippen LogP) is 2.65. The number of nitrogens with zero attached hydrogens (tertiary/aromatic N) is 2. The Bertz CT molecular complexity index is 959. The fourth-order valence-electron chi connectivity index (χ4n) is 2.32. The zero-order chi connectivity index (χ0) is 20.8. The zero-order valence-corrected chi connectivity index (χ0v) is 14.9. The molecule has 2 N–H and O–H groups in total. The minimum atomic E-state index is -0.921. The number of amides is 1. The van der Waals surface area contributed by atoms with E-state index in [4.69, 9.17) is 4.74 Å². The summed E-state index contributed by atoms with van der Waals surface area (Å²) in [5, 5.41) is 27.0. The van der Waals surface area contributed by atoms with Gasteiger partial charge in [0.2, 0.25) is 0 Å². The Morgan fingerprint density at radius 3 is 2.32 bits per heavy atom. The number of rotatable bonds is 7. The van der Waals surface area contributed by atoms with Crippen molar-refractivity contribution >= 4 is 34.6 Å². The molecule has 1 amide bonds. The number of nitrogens with one attached hydrogen (secondary N) is 2. The van der Waals surface area contributed by atoms with Crippen molar-refractivity contribution in [1.82, 2.24) is 0 Å². The van der Waals surface area contributed by atoms with Gasteiger partial charge in [-0.25, -0.2) is 4.79 Å². The van der Waals surface area contributed by atoms with Crippen molar-refractivity contribution in [3.05, 3.63) is 67.8 Å². The second-order valence-electron chi connectivity index (χ2n) is 5.62. The van der Waals surface area contributed by atoms with Crippen LogP contribution in [0, 0.1) is 27.2 Å². The SMILES string of the molecule is CNc1ccc(C(=O)OCC(=O)Nc2ccc(C)c([N+](=O)[O-])c2)cc1[N+](=O)[O-]. The van der Waals surface area contributed by atoms with Crippen molar-refractivity contribution < 1.29 is 24.2 Å². The summed E-state index contributed by atoms with van der Waals surface area (Å²) >= 11 is 0. The van der Waals surface area contributed by atoms with Crippen LogP contribution < -0.4 is 10.6 Å². The molecule has 2 aromatic carbocycles. The van der Waals surface area contributed by atoms with Crippen LogP contribution >= 0.6 is 0 Å². The number of nitro benzene ring substituents is 2. The molecule has 0 saturated carbocycles. The first-order valence-electron chi connectivity index (χ1n) is 7.91. The molecular weight excluding hydrogens is 372 g/mol. The standard InChI is InChI=1S/C17H16N4O7/c1-10-3-5-12(8-14(10)20(24)25)19-16(22)9-28-17(23)11-4-6-13(18-2)15(7-11)21(26)27/h3-8,18H,9H2,1-2H3,(H,19,22). The van der Waals surface area contributed by atoms with Crippen molar-refractivity contribution in [2.24, 2.45) is 0 Å². The van der Waals surface area contributed by atoms with E-state index in [1.165, 1.54) is 37.4 Å². The second-order valence-corrected chi connectivity index (χ2v) is 5.62. The lowest BCUT2D eigenvalue weighted by Gasteiger charge is -2.08. The predicted molar refractivity (Wildman–Crippen MR) is 99.4 cm³/mol. The van der Waals surface area contributed by atoms with Crippen molar-refractivity contribution in [2.75, 3.05) is 24.3 Å². The summed E-state index contributed by atoms with van der Waals surface area (Å²) in [6.45, 7) is 0.895. The fraction of sp³-hybridized carbons (Fsp3) is 0.176. The minimum absolute atomic E-state index is 0.0931. The number of carbonyl (C=O) groups excluding carboxylic acids is 2. The van der Waals surface area contributed by atoms with Gasteiger partial charge in [0.05, 0.1) is 15.4 Å². The van der Waals surface area contributed by atoms with Crippen LogP contribution in [0.25, 0.3) is 0 Å². The van der Waals surface area contributed by atoms with Crippen LogP contribution in [0.4, 0.5) is 22.7 Å². The molecule has 0 aliphatic carbocycles. The van der Waals surface area contributed by atoms with Crippen LogP contribution in [0.1, 0.15) is 15.9 Å². The number of aryl methyl sites for hydroxylation is 1. The summed E-state index contributed by atoms with van der Waals surface area (Å²) in [7, 11) is 1.50. The average molecular weight is 388 g/mol. The number of esters is 1. The van der Waals surface area contributed by atoms with Crippen LogP contribution in [-0.4, -0.2) is 35.4 Å². The molecule has 0 aliphatic heterocycles. The Hall–Kier alpha value is -4.02. The lowest BCUT2D eigenvalue weighted by Crippen LogP contribution is -2.21. The summed E-state index contributed by atoms with van der Waals surface area (Å²) in [5.74, 6) is -1.64. The lowest BCUT2D eigenvalue weighted by molar-refractivity contribution is -0.385. The monoisotopic (exact) mass is 388 g/mol. The Morgan fingerprint density at radius 1 is 1.04 bits per heavy atom. The van der Waals surface area contributed by atoms with Gasteiger partial charge in [-0.3, -0.25) is 25.0 Å². The van der Waals surface area contributed by atoms with Crippen molar-refractivity contribution in [3.63, 3.8) is 0 Å². The maximum absolute atomic E-state index is 12.0. The van der Waals surface area contributed by atoms with Gasteiger partial charge >= 0.3 is 5.97 Å². The Balaban J connectivity index is 2.02. The van der Waals surface area contributed by atoms with Crippen LogP contribution in [0.2, 0.25) is 0 Å². The van der Waals surface area contributed by atoms with Gasteiger partial charge in [-0.15, -0.1) is 0 Å². The highest BCUT2D eigenvalue weighted by molar-refractivity contribution is 5.96. The number of carbonyl (C=O) groups is 2. The van der Waals surface area contributed by atoms with Gasteiger partial charge in [-0.2, -0.15) is 0 Å². The molecule has 0 atom stereocenters. The third-order valence-electron chi connectivity index (χ3n) is 3.72. The Morgan fingerprint density at radius 2 is 1.71 bits per heavy atom. The van der Waals surface area contributed by atoms with Gasteiger partial charge in [0.15, 0.2) is 6.61 Å². The maximum Gasteiger partial charge on any atom is 0.338 e. The molecule has 0 aliphatic rings. The van der Waals surface area contributed by atoms with Crippen molar-refractivity contribution in [2.45, 2.75) is 6.92 Å². The topological polar surface area (TPSA) is 154 Å². The number of benzene rings is 2. The molecule has 2 rings (SSSR count). The summed E-state index contributed by atoms with van der Waals surface area (Å²) in [6.07, 6.45) is 0. The molecule has 0 aromatic heterocycles. The number of anilines is 2. The first kappa shape index (κ1) is 20.3. The molecule has 0 unspecified atom stereocenters. The zero-order valence-electron chi connectivity index (χ0n) is 14.9. The fourth-order valence-corrected chi connectivity index (χ4v) is 2.32. The Kier molecular flexibility index (Phi) is 6.22. The van der Waals surface area contributed by atoms with E-state index in [9.17, 15) is 29.8 Å². The van der Waals surface area contributed by atoms with E-state index in [1.807, 2.05) is 0 Å². The summed E-state index contributed by atoms with van der Waals surface area (Å²) in [6, 6.07) is 7.84. The highest BCUT2D eigenvalue weighted by Gasteiger charge is 2.19. The van der Waals surface area contributed by atoms with Crippen molar-refractivity contribution in [3.8, 4) is 0 Å². The number of hydrogen-bond acceptors (Lipinski definition) is 8. The van der Waals surface area contributed by atoms with Gasteiger partial charge in [0, 0.05) is 30.4 Å². The van der Waals surface area contributed by atoms with Crippen LogP contribution in [0.15, 0.2) is 36.4 Å². The summed E-state index contributed by atoms with van der Waals surface area (Å²) in [4.78, 5) is 44.7. The minimum Gasteiger partial charge on any atom is -0.452 e. The van der Waals surface area contributed by atoms with E-state index < -0.39 is 28.3 Å². The molecule has 146 valence electrons. The lowest BCUT2D eigenvalue weighted by atomic mass is 10.1. The highest BCUT2D eigenvalue weighted by Crippen LogP contribution is 2.25. The van der Waals surface area contributed by atoms with Gasteiger partial charge in [-0.1, -0.05) is 6.07 Å². The van der Waals surface area contributed by atoms with E-state index in [0.29, 0.717) is 5.56 Å². The van der Waals surface area contributed by atoms with E-state index in [0.717, 1.165) is 6.07 Å². The number of ether oxygens (including phenoxy) is 1. The van der Waals surface area contributed by atoms with Crippen LogP contribution in [0.3, 0.4) is 0 Å². The average Bonchev–Trinajstić information content (AvgIpc) is 2.66. The molecule has 11 heteroatoms. The highest BCUT2D eigenvalue weighted by atomic mass is 16.6. The molecule has 2 aromatic rings. The van der Waals surface area contributed by atoms with E-state index in [2.05, 4.69) is 10.6 Å². The van der Waals surface area contributed by atoms with Gasteiger partial charge in [0.1, 0.15) is 5.69 Å². The maximum atomic E-state index is 12.0.